The van der Waals surface area contributed by atoms with Gasteiger partial charge in [-0.25, -0.2) is 0 Å². The maximum atomic E-state index is 12.1. The topological polar surface area (TPSA) is 26.3 Å². The van der Waals surface area contributed by atoms with Crippen molar-refractivity contribution in [1.82, 2.24) is 0 Å². The first-order valence-electron chi connectivity index (χ1n) is 6.89. The van der Waals surface area contributed by atoms with Crippen LogP contribution in [0.3, 0.4) is 0 Å². The van der Waals surface area contributed by atoms with E-state index in [1.807, 2.05) is 67.6 Å². The molecular weight excluding hydrogens is 340 g/mol. The first-order chi connectivity index (χ1) is 10.6. The van der Waals surface area contributed by atoms with Crippen molar-refractivity contribution in [3.8, 4) is 5.75 Å². The molecule has 0 unspecified atom stereocenters. The van der Waals surface area contributed by atoms with Crippen LogP contribution in [0.1, 0.15) is 18.1 Å². The number of methoxy groups -OCH3 is 1. The average Bonchev–Trinajstić information content (AvgIpc) is 2.54. The molecule has 22 heavy (non-hydrogen) atoms. The van der Waals surface area contributed by atoms with E-state index in [9.17, 15) is 4.79 Å². The number of ether oxygens (including phenoxy) is 1. The van der Waals surface area contributed by atoms with Gasteiger partial charge in [0.2, 0.25) is 0 Å². The fourth-order valence-corrected chi connectivity index (χ4v) is 2.16. The highest BCUT2D eigenvalue weighted by Crippen LogP contribution is 2.15. The van der Waals surface area contributed by atoms with Gasteiger partial charge in [0.1, 0.15) is 5.75 Å². The van der Waals surface area contributed by atoms with Crippen LogP contribution in [0.25, 0.3) is 12.2 Å². The highest BCUT2D eigenvalue weighted by Gasteiger charge is 2.00. The van der Waals surface area contributed by atoms with E-state index in [0.29, 0.717) is 5.57 Å². The highest BCUT2D eigenvalue weighted by atomic mass is 79.9. The highest BCUT2D eigenvalue weighted by molar-refractivity contribution is 9.10. The predicted molar refractivity (Wildman–Crippen MR) is 94.8 cm³/mol. The standard InChI is InChI=1S/C19H17BrO2/c1-14(13-16-5-10-18(22-2)11-6-16)19(21)12-7-15-3-8-17(20)9-4-15/h3-13H,1-2H3/b12-7+,14-13+. The molecule has 2 rings (SSSR count). The lowest BCUT2D eigenvalue weighted by molar-refractivity contribution is -0.111. The SMILES string of the molecule is COc1ccc(/C=C(\C)C(=O)/C=C/c2ccc(Br)cc2)cc1. The Labute approximate surface area is 139 Å². The van der Waals surface area contributed by atoms with Gasteiger partial charge in [-0.3, -0.25) is 4.79 Å². The Morgan fingerprint density at radius 2 is 1.59 bits per heavy atom. The van der Waals surface area contributed by atoms with Crippen LogP contribution >= 0.6 is 15.9 Å². The van der Waals surface area contributed by atoms with Crippen LogP contribution in [0.5, 0.6) is 5.75 Å². The number of ketones is 1. The van der Waals surface area contributed by atoms with Crippen LogP contribution in [0.2, 0.25) is 0 Å². The second kappa shape index (κ2) is 7.76. The first kappa shape index (κ1) is 16.2. The molecule has 2 aromatic carbocycles. The van der Waals surface area contributed by atoms with Gasteiger partial charge in [0, 0.05) is 4.47 Å². The number of allylic oxidation sites excluding steroid dienone is 2. The normalized spacial score (nSPS) is 11.7. The van der Waals surface area contributed by atoms with E-state index in [2.05, 4.69) is 15.9 Å². The summed E-state index contributed by atoms with van der Waals surface area (Å²) in [5, 5.41) is 0. The minimum atomic E-state index is -0.00117. The van der Waals surface area contributed by atoms with Gasteiger partial charge in [-0.2, -0.15) is 0 Å². The molecule has 0 aliphatic rings. The summed E-state index contributed by atoms with van der Waals surface area (Å²) in [6, 6.07) is 15.4. The third-order valence-corrected chi connectivity index (χ3v) is 3.71. The zero-order chi connectivity index (χ0) is 15.9. The minimum absolute atomic E-state index is 0.00117. The van der Waals surface area contributed by atoms with Gasteiger partial charge >= 0.3 is 0 Å². The van der Waals surface area contributed by atoms with Crippen LogP contribution < -0.4 is 4.74 Å². The van der Waals surface area contributed by atoms with Gasteiger partial charge in [-0.15, -0.1) is 0 Å². The third kappa shape index (κ3) is 4.71. The van der Waals surface area contributed by atoms with E-state index in [0.717, 1.165) is 21.3 Å². The molecule has 2 nitrogen and oxygen atoms in total. The number of halogens is 1. The molecule has 0 heterocycles. The third-order valence-electron chi connectivity index (χ3n) is 3.18. The van der Waals surface area contributed by atoms with E-state index >= 15 is 0 Å². The molecule has 0 spiro atoms. The van der Waals surface area contributed by atoms with E-state index in [4.69, 9.17) is 4.74 Å². The Bertz CT molecular complexity index is 695. The fraction of sp³-hybridized carbons (Fsp3) is 0.105. The molecule has 0 bridgehead atoms. The minimum Gasteiger partial charge on any atom is -0.497 e. The van der Waals surface area contributed by atoms with Crippen LogP contribution in [0.15, 0.2) is 64.7 Å². The van der Waals surface area contributed by atoms with E-state index in [-0.39, 0.29) is 5.78 Å². The average molecular weight is 357 g/mol. The first-order valence-corrected chi connectivity index (χ1v) is 7.68. The van der Waals surface area contributed by atoms with E-state index < -0.39 is 0 Å². The second-order valence-corrected chi connectivity index (χ2v) is 5.77. The molecule has 0 saturated heterocycles. The predicted octanol–water partition coefficient (Wildman–Crippen LogP) is 5.14. The number of benzene rings is 2. The molecule has 2 aromatic rings. The largest absolute Gasteiger partial charge is 0.497 e. The molecule has 0 atom stereocenters. The summed E-state index contributed by atoms with van der Waals surface area (Å²) in [6.45, 7) is 1.82. The summed E-state index contributed by atoms with van der Waals surface area (Å²) in [7, 11) is 1.63. The molecule has 0 saturated carbocycles. The number of carbonyl (C=O) groups is 1. The van der Waals surface area contributed by atoms with Crippen molar-refractivity contribution in [3.63, 3.8) is 0 Å². The van der Waals surface area contributed by atoms with Crippen molar-refractivity contribution in [2.75, 3.05) is 7.11 Å². The molecule has 3 heteroatoms. The molecule has 0 amide bonds. The van der Waals surface area contributed by atoms with Gasteiger partial charge in [0.15, 0.2) is 5.78 Å². The molecule has 0 radical (unpaired) electrons. The van der Waals surface area contributed by atoms with Gasteiger partial charge in [-0.1, -0.05) is 46.3 Å². The lowest BCUT2D eigenvalue weighted by Gasteiger charge is -2.01. The Kier molecular flexibility index (Phi) is 5.73. The van der Waals surface area contributed by atoms with Gasteiger partial charge < -0.3 is 4.74 Å². The Morgan fingerprint density at radius 1 is 1.00 bits per heavy atom. The van der Waals surface area contributed by atoms with Crippen LogP contribution in [0.4, 0.5) is 0 Å². The Morgan fingerprint density at radius 3 is 2.18 bits per heavy atom. The van der Waals surface area contributed by atoms with Gasteiger partial charge in [0.05, 0.1) is 7.11 Å². The van der Waals surface area contributed by atoms with Crippen molar-refractivity contribution in [2.45, 2.75) is 6.92 Å². The van der Waals surface area contributed by atoms with Crippen LogP contribution in [-0.4, -0.2) is 12.9 Å². The van der Waals surface area contributed by atoms with Crippen molar-refractivity contribution < 1.29 is 9.53 Å². The van der Waals surface area contributed by atoms with Gasteiger partial charge in [0.25, 0.3) is 0 Å². The molecule has 0 aliphatic carbocycles. The fourth-order valence-electron chi connectivity index (χ4n) is 1.90. The van der Waals surface area contributed by atoms with E-state index in [1.54, 1.807) is 13.2 Å². The number of hydrogen-bond donors (Lipinski definition) is 0. The number of hydrogen-bond acceptors (Lipinski definition) is 2. The number of carbonyl (C=O) groups excluding carboxylic acids is 1. The lowest BCUT2D eigenvalue weighted by Crippen LogP contribution is -1.94. The van der Waals surface area contributed by atoms with Crippen molar-refractivity contribution in [2.24, 2.45) is 0 Å². The summed E-state index contributed by atoms with van der Waals surface area (Å²) >= 11 is 3.39. The zero-order valence-corrected chi connectivity index (χ0v) is 14.1. The summed E-state index contributed by atoms with van der Waals surface area (Å²) in [6.07, 6.45) is 5.28. The molecule has 0 fully saturated rings. The molecule has 0 N–H and O–H groups in total. The monoisotopic (exact) mass is 356 g/mol. The van der Waals surface area contributed by atoms with Crippen molar-refractivity contribution in [1.29, 1.82) is 0 Å². The van der Waals surface area contributed by atoms with Crippen LogP contribution in [-0.2, 0) is 4.79 Å². The Hall–Kier alpha value is -2.13. The quantitative estimate of drug-likeness (QED) is 0.693. The second-order valence-electron chi connectivity index (χ2n) is 4.85. The van der Waals surface area contributed by atoms with Crippen molar-refractivity contribution in [3.05, 3.63) is 75.8 Å². The van der Waals surface area contributed by atoms with Crippen molar-refractivity contribution >= 4 is 33.9 Å². The lowest BCUT2D eigenvalue weighted by atomic mass is 10.1. The maximum Gasteiger partial charge on any atom is 0.181 e. The molecule has 112 valence electrons. The summed E-state index contributed by atoms with van der Waals surface area (Å²) < 4.78 is 6.14. The van der Waals surface area contributed by atoms with Gasteiger partial charge in [-0.05, 0) is 60.0 Å². The summed E-state index contributed by atoms with van der Waals surface area (Å²) in [5.74, 6) is 0.801. The molecular formula is C19H17BrO2. The molecule has 0 aromatic heterocycles. The van der Waals surface area contributed by atoms with Crippen LogP contribution in [0, 0.1) is 0 Å². The van der Waals surface area contributed by atoms with E-state index in [1.165, 1.54) is 0 Å². The summed E-state index contributed by atoms with van der Waals surface area (Å²) in [5.41, 5.74) is 2.66. The smallest absolute Gasteiger partial charge is 0.181 e. The summed E-state index contributed by atoms with van der Waals surface area (Å²) in [4.78, 5) is 12.1. The Balaban J connectivity index is 2.07. The molecule has 0 aliphatic heterocycles. The zero-order valence-electron chi connectivity index (χ0n) is 12.5. The maximum absolute atomic E-state index is 12.1. The number of rotatable bonds is 5.